The van der Waals surface area contributed by atoms with Crippen LogP contribution in [0.4, 0.5) is 5.69 Å². The Balaban J connectivity index is 1.37. The molecule has 0 unspecified atom stereocenters. The Bertz CT molecular complexity index is 1380. The third-order valence-electron chi connectivity index (χ3n) is 5.32. The van der Waals surface area contributed by atoms with E-state index < -0.39 is 0 Å². The molecule has 0 heterocycles. The average Bonchev–Trinajstić information content (AvgIpc) is 2.88. The summed E-state index contributed by atoms with van der Waals surface area (Å²) in [6.45, 7) is 1.79. The number of hydrazone groups is 1. The van der Waals surface area contributed by atoms with Crippen molar-refractivity contribution in [2.45, 2.75) is 6.92 Å². The first-order chi connectivity index (χ1) is 16.9. The Kier molecular flexibility index (Phi) is 7.60. The summed E-state index contributed by atoms with van der Waals surface area (Å²) < 4.78 is 0. The predicted octanol–water partition coefficient (Wildman–Crippen LogP) is 7.07. The first-order valence-electron chi connectivity index (χ1n) is 10.8. The van der Waals surface area contributed by atoms with Gasteiger partial charge in [0.15, 0.2) is 0 Å². The van der Waals surface area contributed by atoms with Gasteiger partial charge in [0.05, 0.1) is 16.3 Å². The van der Waals surface area contributed by atoms with Crippen LogP contribution in [0.15, 0.2) is 102 Å². The van der Waals surface area contributed by atoms with Gasteiger partial charge in [0.2, 0.25) is 0 Å². The number of carbonyl (C=O) groups excluding carboxylic acids is 2. The maximum Gasteiger partial charge on any atom is 0.271 e. The topological polar surface area (TPSA) is 70.6 Å². The number of nitrogens with one attached hydrogen (secondary N) is 2. The molecule has 0 saturated heterocycles. The number of benzene rings is 4. The van der Waals surface area contributed by atoms with Crippen molar-refractivity contribution in [3.8, 4) is 11.1 Å². The van der Waals surface area contributed by atoms with Gasteiger partial charge in [0, 0.05) is 16.3 Å². The molecule has 0 atom stereocenters. The van der Waals surface area contributed by atoms with Crippen LogP contribution in [0, 0.1) is 0 Å². The number of hydrogen-bond acceptors (Lipinski definition) is 3. The monoisotopic (exact) mass is 501 g/mol. The predicted molar refractivity (Wildman–Crippen MR) is 142 cm³/mol. The molecule has 2 N–H and O–H groups in total. The molecule has 0 aromatic heterocycles. The van der Waals surface area contributed by atoms with E-state index in [4.69, 9.17) is 23.2 Å². The summed E-state index contributed by atoms with van der Waals surface area (Å²) in [4.78, 5) is 25.0. The fraction of sp³-hybridized carbons (Fsp3) is 0.0357. The molecule has 0 radical (unpaired) electrons. The minimum atomic E-state index is -0.338. The van der Waals surface area contributed by atoms with Crippen LogP contribution < -0.4 is 10.7 Å². The van der Waals surface area contributed by atoms with Gasteiger partial charge < -0.3 is 5.32 Å². The zero-order valence-corrected chi connectivity index (χ0v) is 20.3. The first kappa shape index (κ1) is 24.2. The van der Waals surface area contributed by atoms with Crippen LogP contribution in [0.25, 0.3) is 11.1 Å². The molecular formula is C28H21Cl2N3O2. The van der Waals surface area contributed by atoms with Gasteiger partial charge in [0.25, 0.3) is 11.8 Å². The van der Waals surface area contributed by atoms with Crippen molar-refractivity contribution >= 4 is 46.4 Å². The Morgan fingerprint density at radius 3 is 2.00 bits per heavy atom. The van der Waals surface area contributed by atoms with Gasteiger partial charge in [-0.1, -0.05) is 77.8 Å². The Morgan fingerprint density at radius 2 is 1.34 bits per heavy atom. The first-order valence-corrected chi connectivity index (χ1v) is 11.5. The summed E-state index contributed by atoms with van der Waals surface area (Å²) in [5.74, 6) is -0.636. The highest BCUT2D eigenvalue weighted by molar-refractivity contribution is 6.37. The van der Waals surface area contributed by atoms with Crippen LogP contribution in [0.3, 0.4) is 0 Å². The van der Waals surface area contributed by atoms with Gasteiger partial charge in [-0.05, 0) is 66.1 Å². The number of hydrogen-bond donors (Lipinski definition) is 2. The van der Waals surface area contributed by atoms with E-state index in [0.717, 1.165) is 16.7 Å². The minimum Gasteiger partial charge on any atom is -0.322 e. The number of amides is 2. The van der Waals surface area contributed by atoms with E-state index in [0.29, 0.717) is 27.5 Å². The van der Waals surface area contributed by atoms with E-state index in [1.807, 2.05) is 42.5 Å². The second kappa shape index (κ2) is 11.0. The zero-order chi connectivity index (χ0) is 24.8. The Morgan fingerprint density at radius 1 is 0.714 bits per heavy atom. The molecule has 0 aliphatic heterocycles. The van der Waals surface area contributed by atoms with E-state index in [1.54, 1.807) is 55.5 Å². The molecular weight excluding hydrogens is 481 g/mol. The molecule has 2 amide bonds. The van der Waals surface area contributed by atoms with Crippen molar-refractivity contribution in [2.24, 2.45) is 5.10 Å². The molecule has 174 valence electrons. The van der Waals surface area contributed by atoms with Gasteiger partial charge in [-0.2, -0.15) is 5.10 Å². The van der Waals surface area contributed by atoms with Gasteiger partial charge in [-0.15, -0.1) is 0 Å². The third kappa shape index (κ3) is 6.15. The largest absolute Gasteiger partial charge is 0.322 e. The van der Waals surface area contributed by atoms with Gasteiger partial charge in [-0.3, -0.25) is 9.59 Å². The standard InChI is InChI=1S/C28H21Cl2N3O2/c1-18(32-33-27(34)22-9-7-21(8-10-22)20-5-3-2-4-6-20)19-11-14-24(15-12-19)31-28(35)25-16-13-23(29)17-26(25)30/h2-17H,1H3,(H,31,35)(H,33,34)/b32-18+. The normalized spacial score (nSPS) is 11.1. The van der Waals surface area contributed by atoms with Crippen LogP contribution in [0.5, 0.6) is 0 Å². The van der Waals surface area contributed by atoms with E-state index in [-0.39, 0.29) is 16.8 Å². The second-order valence-electron chi connectivity index (χ2n) is 7.74. The maximum absolute atomic E-state index is 12.5. The van der Waals surface area contributed by atoms with Crippen LogP contribution in [-0.2, 0) is 0 Å². The summed E-state index contributed by atoms with van der Waals surface area (Å²) in [5, 5.41) is 7.74. The molecule has 4 rings (SSSR count). The van der Waals surface area contributed by atoms with Crippen LogP contribution in [0.2, 0.25) is 10.0 Å². The summed E-state index contributed by atoms with van der Waals surface area (Å²) >= 11 is 12.0. The van der Waals surface area contributed by atoms with Gasteiger partial charge in [0.1, 0.15) is 0 Å². The molecule has 0 saturated carbocycles. The van der Waals surface area contributed by atoms with Crippen molar-refractivity contribution < 1.29 is 9.59 Å². The molecule has 4 aromatic rings. The summed E-state index contributed by atoms with van der Waals surface area (Å²) in [5.41, 5.74) is 7.57. The maximum atomic E-state index is 12.5. The SMILES string of the molecule is C/C(=N\NC(=O)c1ccc(-c2ccccc2)cc1)c1ccc(NC(=O)c2ccc(Cl)cc2Cl)cc1. The number of carbonyl (C=O) groups is 2. The lowest BCUT2D eigenvalue weighted by molar-refractivity contribution is 0.0954. The fourth-order valence-corrected chi connectivity index (χ4v) is 3.87. The van der Waals surface area contributed by atoms with Crippen molar-refractivity contribution in [3.05, 3.63) is 124 Å². The molecule has 0 aliphatic carbocycles. The quantitative estimate of drug-likeness (QED) is 0.219. The van der Waals surface area contributed by atoms with Crippen molar-refractivity contribution in [2.75, 3.05) is 5.32 Å². The number of halogens is 2. The van der Waals surface area contributed by atoms with E-state index in [2.05, 4.69) is 15.8 Å². The van der Waals surface area contributed by atoms with Crippen LogP contribution in [-0.4, -0.2) is 17.5 Å². The molecule has 5 nitrogen and oxygen atoms in total. The van der Waals surface area contributed by atoms with Crippen molar-refractivity contribution in [1.29, 1.82) is 0 Å². The molecule has 0 aliphatic rings. The summed E-state index contributed by atoms with van der Waals surface area (Å²) in [6, 6.07) is 29.1. The van der Waals surface area contributed by atoms with Gasteiger partial charge in [-0.25, -0.2) is 5.43 Å². The molecule has 0 bridgehead atoms. The van der Waals surface area contributed by atoms with E-state index in [9.17, 15) is 9.59 Å². The summed E-state index contributed by atoms with van der Waals surface area (Å²) in [7, 11) is 0. The molecule has 4 aromatic carbocycles. The lowest BCUT2D eigenvalue weighted by atomic mass is 10.0. The third-order valence-corrected chi connectivity index (χ3v) is 5.86. The highest BCUT2D eigenvalue weighted by Crippen LogP contribution is 2.22. The van der Waals surface area contributed by atoms with Crippen molar-refractivity contribution in [1.82, 2.24) is 5.43 Å². The Labute approximate surface area is 213 Å². The molecule has 7 heteroatoms. The minimum absolute atomic E-state index is 0.278. The lowest BCUT2D eigenvalue weighted by Crippen LogP contribution is -2.19. The Hall–Kier alpha value is -3.93. The lowest BCUT2D eigenvalue weighted by Gasteiger charge is -2.08. The number of nitrogens with zero attached hydrogens (tertiary/aromatic N) is 1. The summed E-state index contributed by atoms with van der Waals surface area (Å²) in [6.07, 6.45) is 0. The molecule has 35 heavy (non-hydrogen) atoms. The van der Waals surface area contributed by atoms with E-state index in [1.165, 1.54) is 6.07 Å². The highest BCUT2D eigenvalue weighted by Gasteiger charge is 2.11. The number of rotatable bonds is 6. The highest BCUT2D eigenvalue weighted by atomic mass is 35.5. The molecule has 0 spiro atoms. The smallest absolute Gasteiger partial charge is 0.271 e. The van der Waals surface area contributed by atoms with Crippen LogP contribution >= 0.6 is 23.2 Å². The van der Waals surface area contributed by atoms with Crippen LogP contribution in [0.1, 0.15) is 33.2 Å². The zero-order valence-electron chi connectivity index (χ0n) is 18.8. The average molecular weight is 502 g/mol. The van der Waals surface area contributed by atoms with E-state index >= 15 is 0 Å². The molecule has 0 fully saturated rings. The number of anilines is 1. The fourth-order valence-electron chi connectivity index (χ4n) is 3.38. The van der Waals surface area contributed by atoms with Crippen molar-refractivity contribution in [3.63, 3.8) is 0 Å². The van der Waals surface area contributed by atoms with Gasteiger partial charge >= 0.3 is 0 Å². The second-order valence-corrected chi connectivity index (χ2v) is 8.58.